The lowest BCUT2D eigenvalue weighted by Crippen LogP contribution is -2.63. The van der Waals surface area contributed by atoms with E-state index in [0.717, 1.165) is 31.6 Å². The predicted molar refractivity (Wildman–Crippen MR) is 171 cm³/mol. The molecule has 47 heavy (non-hydrogen) atoms. The van der Waals surface area contributed by atoms with Gasteiger partial charge < -0.3 is 45.5 Å². The van der Waals surface area contributed by atoms with Crippen molar-refractivity contribution in [3.8, 4) is 11.5 Å². The van der Waals surface area contributed by atoms with E-state index >= 15 is 0 Å². The second kappa shape index (κ2) is 13.3. The van der Waals surface area contributed by atoms with E-state index < -0.39 is 36.2 Å². The Morgan fingerprint density at radius 3 is 2.74 bits per heavy atom. The smallest absolute Gasteiger partial charge is 0.415 e. The van der Waals surface area contributed by atoms with Crippen LogP contribution in [0.5, 0.6) is 11.5 Å². The minimum atomic E-state index is -0.941. The van der Waals surface area contributed by atoms with Gasteiger partial charge in [-0.3, -0.25) is 14.4 Å². The number of benzene rings is 1. The third-order valence-corrected chi connectivity index (χ3v) is 11.1. The molecule has 1 spiro atoms. The van der Waals surface area contributed by atoms with Crippen molar-refractivity contribution in [3.05, 3.63) is 35.1 Å². The van der Waals surface area contributed by atoms with Crippen molar-refractivity contribution < 1.29 is 38.5 Å². The molecule has 2 fully saturated rings. The number of aliphatic carboxylic acids is 1. The lowest BCUT2D eigenvalue weighted by molar-refractivity contribution is -0.144. The van der Waals surface area contributed by atoms with Crippen LogP contribution in [0, 0.1) is 11.8 Å². The molecule has 3 aliphatic heterocycles. The van der Waals surface area contributed by atoms with Crippen LogP contribution in [0.4, 0.5) is 4.79 Å². The minimum absolute atomic E-state index is 0.0235. The zero-order valence-corrected chi connectivity index (χ0v) is 27.5. The number of carboxylic acid groups (broad SMARTS) is 1. The van der Waals surface area contributed by atoms with Crippen LogP contribution in [0.2, 0.25) is 0 Å². The van der Waals surface area contributed by atoms with Crippen LogP contribution in [-0.4, -0.2) is 103 Å². The summed E-state index contributed by atoms with van der Waals surface area (Å²) >= 11 is 0. The van der Waals surface area contributed by atoms with Gasteiger partial charge in [-0.05, 0) is 95.1 Å². The molecule has 2 aliphatic carbocycles. The Labute approximate surface area is 275 Å². The number of hydrogen-bond donors (Lipinski definition) is 4. The summed E-state index contributed by atoms with van der Waals surface area (Å²) in [5.41, 5.74) is 7.69. The Morgan fingerprint density at radius 1 is 1.21 bits per heavy atom. The maximum Gasteiger partial charge on any atom is 0.415 e. The summed E-state index contributed by atoms with van der Waals surface area (Å²) < 4.78 is 18.6. The highest BCUT2D eigenvalue weighted by Gasteiger charge is 2.65. The number of amides is 3. The number of carboxylic acids is 1. The molecular weight excluding hydrogens is 606 g/mol. The van der Waals surface area contributed by atoms with E-state index in [2.05, 4.69) is 28.6 Å². The molecule has 1 aromatic carbocycles. The Bertz CT molecular complexity index is 1450. The highest BCUT2D eigenvalue weighted by atomic mass is 16.6. The maximum atomic E-state index is 14.0. The van der Waals surface area contributed by atoms with Crippen LogP contribution < -0.4 is 25.8 Å². The third kappa shape index (κ3) is 5.92. The Morgan fingerprint density at radius 2 is 2.02 bits per heavy atom. The number of carbonyl (C=O) groups is 4. The summed E-state index contributed by atoms with van der Waals surface area (Å²) in [5.74, 6) is -0.162. The van der Waals surface area contributed by atoms with Crippen LogP contribution in [-0.2, 0) is 31.0 Å². The number of hydrogen-bond acceptors (Lipinski definition) is 9. The van der Waals surface area contributed by atoms with Crippen molar-refractivity contribution in [3.63, 3.8) is 0 Å². The number of nitrogens with one attached hydrogen (secondary N) is 2. The van der Waals surface area contributed by atoms with E-state index in [9.17, 15) is 24.3 Å². The highest BCUT2D eigenvalue weighted by Crippen LogP contribution is 2.63. The molecule has 2 unspecified atom stereocenters. The number of carbonyl (C=O) groups excluding carboxylic acids is 3. The average molecular weight is 654 g/mol. The van der Waals surface area contributed by atoms with Crippen LogP contribution in [0.3, 0.4) is 0 Å². The van der Waals surface area contributed by atoms with Crippen molar-refractivity contribution in [1.29, 1.82) is 0 Å². The molecular formula is C34H47N5O8. The van der Waals surface area contributed by atoms with Gasteiger partial charge in [-0.15, -0.1) is 0 Å². The molecule has 5 N–H and O–H groups in total. The fraction of sp³-hybridized carbons (Fsp3) is 0.647. The van der Waals surface area contributed by atoms with Crippen molar-refractivity contribution in [2.75, 3.05) is 40.3 Å². The van der Waals surface area contributed by atoms with E-state index in [0.29, 0.717) is 49.3 Å². The Hall–Kier alpha value is -3.84. The average Bonchev–Trinajstić information content (AvgIpc) is 3.40. The summed E-state index contributed by atoms with van der Waals surface area (Å²) in [6, 6.07) is 3.06. The van der Waals surface area contributed by atoms with Gasteiger partial charge in [0, 0.05) is 37.0 Å². The molecule has 2 bridgehead atoms. The van der Waals surface area contributed by atoms with Gasteiger partial charge in [0.25, 0.3) is 0 Å². The van der Waals surface area contributed by atoms with Gasteiger partial charge in [-0.2, -0.15) is 0 Å². The normalized spacial score (nSPS) is 29.5. The number of likely N-dealkylation sites (N-methyl/N-ethyl adjacent to an activating group) is 1. The Balaban J connectivity index is 1.21. The van der Waals surface area contributed by atoms with Crippen LogP contribution in [0.15, 0.2) is 24.0 Å². The summed E-state index contributed by atoms with van der Waals surface area (Å²) in [6.07, 6.45) is 5.65. The second-order valence-corrected chi connectivity index (χ2v) is 13.7. The molecule has 13 nitrogen and oxygen atoms in total. The number of nitrogens with two attached hydrogens (primary N) is 1. The SMILES string of the molecule is COc1ccc2c3c1O[C@H]1C(OC(=O)N4CCC(C(=O)O)CC4CNC(=O)[C@H](CCCCN)NC(C)=O)=CC[C@H]4[C@@H](C2)N(C)CC[C@]314. The molecule has 3 heterocycles. The van der Waals surface area contributed by atoms with Crippen molar-refractivity contribution in [2.24, 2.45) is 17.6 Å². The van der Waals surface area contributed by atoms with E-state index in [1.54, 1.807) is 7.11 Å². The number of ether oxygens (including phenoxy) is 3. The van der Waals surface area contributed by atoms with Gasteiger partial charge in [-0.1, -0.05) is 6.07 Å². The first-order valence-corrected chi connectivity index (χ1v) is 16.8. The molecule has 6 rings (SSSR count). The quantitative estimate of drug-likeness (QED) is 0.259. The van der Waals surface area contributed by atoms with Crippen molar-refractivity contribution in [2.45, 2.75) is 87.9 Å². The molecule has 0 saturated carbocycles. The van der Waals surface area contributed by atoms with Crippen molar-refractivity contribution >= 4 is 23.9 Å². The maximum absolute atomic E-state index is 14.0. The van der Waals surface area contributed by atoms with Crippen molar-refractivity contribution in [1.82, 2.24) is 20.4 Å². The number of nitrogens with zero attached hydrogens (tertiary/aromatic N) is 2. The van der Waals surface area contributed by atoms with Gasteiger partial charge in [0.2, 0.25) is 11.8 Å². The van der Waals surface area contributed by atoms with Gasteiger partial charge in [0.1, 0.15) is 11.8 Å². The molecule has 13 heteroatoms. The summed E-state index contributed by atoms with van der Waals surface area (Å²) in [7, 11) is 3.81. The molecule has 5 aliphatic rings. The number of unbranched alkanes of at least 4 members (excludes halogenated alkanes) is 1. The standard InChI is InChI=1S/C34H47N5O8/c1-19(40)37-24(6-4-5-13-35)31(41)36-18-22-16-21(32(42)43)11-14-39(22)33(44)46-27-10-8-23-25-17-20-7-9-26(45-3)29-28(20)34(23,30(27)47-29)12-15-38(25)2/h7,9-10,21-25,30H,4-6,8,11-18,35H2,1-3H3,(H,36,41)(H,37,40)(H,42,43)/t21?,22?,23-,24-,25+,30-,34-/m0/s1. The van der Waals surface area contributed by atoms with Crippen LogP contribution >= 0.6 is 0 Å². The largest absolute Gasteiger partial charge is 0.493 e. The Kier molecular flexibility index (Phi) is 9.39. The van der Waals surface area contributed by atoms with Crippen LogP contribution in [0.1, 0.15) is 63.0 Å². The number of rotatable bonds is 11. The second-order valence-electron chi connectivity index (χ2n) is 13.7. The molecule has 3 amide bonds. The lowest BCUT2D eigenvalue weighted by atomic mass is 9.53. The number of methoxy groups -OCH3 is 1. The number of allylic oxidation sites excluding steroid dienone is 1. The van der Waals surface area contributed by atoms with E-state index in [1.165, 1.54) is 23.0 Å². The van der Waals surface area contributed by atoms with Gasteiger partial charge >= 0.3 is 12.1 Å². The number of piperidine rings is 2. The first-order valence-electron chi connectivity index (χ1n) is 16.8. The first-order chi connectivity index (χ1) is 22.6. The molecule has 0 aromatic heterocycles. The molecule has 2 saturated heterocycles. The first kappa shape index (κ1) is 33.1. The lowest BCUT2D eigenvalue weighted by Gasteiger charge is -2.56. The summed E-state index contributed by atoms with van der Waals surface area (Å²) in [6.45, 7) is 2.92. The minimum Gasteiger partial charge on any atom is -0.493 e. The predicted octanol–water partition coefficient (Wildman–Crippen LogP) is 1.91. The molecule has 7 atom stereocenters. The monoisotopic (exact) mass is 653 g/mol. The van der Waals surface area contributed by atoms with Gasteiger partial charge in [0.05, 0.1) is 19.1 Å². The van der Waals surface area contributed by atoms with E-state index in [-0.39, 0.29) is 43.2 Å². The zero-order valence-electron chi connectivity index (χ0n) is 27.5. The van der Waals surface area contributed by atoms with Gasteiger partial charge in [0.15, 0.2) is 17.6 Å². The van der Waals surface area contributed by atoms with E-state index in [4.69, 9.17) is 19.9 Å². The summed E-state index contributed by atoms with van der Waals surface area (Å²) in [4.78, 5) is 54.8. The van der Waals surface area contributed by atoms with E-state index in [1.807, 2.05) is 12.1 Å². The summed E-state index contributed by atoms with van der Waals surface area (Å²) in [5, 5.41) is 15.3. The van der Waals surface area contributed by atoms with Gasteiger partial charge in [-0.25, -0.2) is 4.79 Å². The third-order valence-electron chi connectivity index (χ3n) is 11.1. The number of likely N-dealkylation sites (tertiary alicyclic amines) is 2. The fourth-order valence-corrected chi connectivity index (χ4v) is 8.78. The molecule has 0 radical (unpaired) electrons. The zero-order chi connectivity index (χ0) is 33.5. The molecule has 256 valence electrons. The van der Waals surface area contributed by atoms with Crippen LogP contribution in [0.25, 0.3) is 0 Å². The topological polar surface area (TPSA) is 173 Å². The highest BCUT2D eigenvalue weighted by molar-refractivity contribution is 5.86. The molecule has 1 aromatic rings. The fourth-order valence-electron chi connectivity index (χ4n) is 8.78.